The molecule has 2 N–H and O–H groups in total. The third-order valence-corrected chi connectivity index (χ3v) is 9.93. The van der Waals surface area contributed by atoms with E-state index in [1.807, 2.05) is 18.2 Å². The number of halogens is 2. The van der Waals surface area contributed by atoms with Crippen LogP contribution in [0, 0.1) is 5.82 Å². The first-order valence-electron chi connectivity index (χ1n) is 16.9. The van der Waals surface area contributed by atoms with E-state index in [4.69, 9.17) is 31.0 Å². The van der Waals surface area contributed by atoms with Gasteiger partial charge < -0.3 is 29.4 Å². The van der Waals surface area contributed by atoms with Crippen molar-refractivity contribution in [2.45, 2.75) is 63.5 Å². The maximum Gasteiger partial charge on any atom is 0.251 e. The summed E-state index contributed by atoms with van der Waals surface area (Å²) in [5, 5.41) is 12.8. The average Bonchev–Trinajstić information content (AvgIpc) is 3.67. The molecule has 258 valence electrons. The van der Waals surface area contributed by atoms with Gasteiger partial charge in [0.15, 0.2) is 0 Å². The molecule has 5 heterocycles. The van der Waals surface area contributed by atoms with Gasteiger partial charge in [0.05, 0.1) is 42.9 Å². The van der Waals surface area contributed by atoms with E-state index in [0.29, 0.717) is 54.6 Å². The van der Waals surface area contributed by atoms with Gasteiger partial charge in [-0.15, -0.1) is 0 Å². The fraction of sp³-hybridized carbons (Fsp3) is 0.444. The number of benzene rings is 2. The summed E-state index contributed by atoms with van der Waals surface area (Å²) < 4.78 is 28.0. The maximum atomic E-state index is 14.2. The summed E-state index contributed by atoms with van der Waals surface area (Å²) in [5.74, 6) is 0.719. The SMILES string of the molecule is O=C(NCC(=O)N1CC[C@H](O)C1)c1ccc2c(c1)nc(CN1CCC(c3cccc(OCc4ccc(Cl)cc4F)n3)CC1)n2C[C@@H]1CCO1. The van der Waals surface area contributed by atoms with Gasteiger partial charge in [-0.25, -0.2) is 14.4 Å². The molecule has 13 heteroatoms. The molecule has 2 aromatic heterocycles. The predicted molar refractivity (Wildman–Crippen MR) is 181 cm³/mol. The van der Waals surface area contributed by atoms with Crippen molar-refractivity contribution in [1.82, 2.24) is 29.7 Å². The minimum atomic E-state index is -0.502. The van der Waals surface area contributed by atoms with Crippen LogP contribution >= 0.6 is 11.6 Å². The molecular formula is C36H40ClFN6O5. The lowest BCUT2D eigenvalue weighted by atomic mass is 9.93. The Bertz CT molecular complexity index is 1820. The van der Waals surface area contributed by atoms with Gasteiger partial charge in [-0.1, -0.05) is 23.7 Å². The predicted octanol–water partition coefficient (Wildman–Crippen LogP) is 4.29. The Kier molecular flexibility index (Phi) is 10.1. The first-order valence-corrected chi connectivity index (χ1v) is 17.3. The summed E-state index contributed by atoms with van der Waals surface area (Å²) in [6, 6.07) is 15.8. The van der Waals surface area contributed by atoms with Gasteiger partial charge >= 0.3 is 0 Å². The molecule has 0 saturated carbocycles. The van der Waals surface area contributed by atoms with E-state index >= 15 is 0 Å². The smallest absolute Gasteiger partial charge is 0.251 e. The van der Waals surface area contributed by atoms with Gasteiger partial charge in [0.1, 0.15) is 18.2 Å². The first kappa shape index (κ1) is 33.4. The molecule has 2 atom stereocenters. The number of imidazole rings is 1. The lowest BCUT2D eigenvalue weighted by molar-refractivity contribution is -0.129. The van der Waals surface area contributed by atoms with Crippen LogP contribution in [0.1, 0.15) is 59.0 Å². The number of fused-ring (bicyclic) bond motifs is 1. The molecular weight excluding hydrogens is 651 g/mol. The molecule has 3 saturated heterocycles. The van der Waals surface area contributed by atoms with Crippen molar-refractivity contribution in [2.75, 3.05) is 39.3 Å². The van der Waals surface area contributed by atoms with Crippen LogP contribution in [0.3, 0.4) is 0 Å². The zero-order chi connectivity index (χ0) is 33.9. The molecule has 2 amide bonds. The number of carbonyl (C=O) groups is 2. The van der Waals surface area contributed by atoms with Crippen LogP contribution in [0.2, 0.25) is 5.02 Å². The normalized spacial score (nSPS) is 20.0. The molecule has 7 rings (SSSR count). The zero-order valence-corrected chi connectivity index (χ0v) is 27.9. The highest BCUT2D eigenvalue weighted by atomic mass is 35.5. The maximum absolute atomic E-state index is 14.2. The van der Waals surface area contributed by atoms with Crippen LogP contribution in [0.25, 0.3) is 11.0 Å². The molecule has 0 aliphatic carbocycles. The molecule has 0 unspecified atom stereocenters. The van der Waals surface area contributed by atoms with E-state index in [1.54, 1.807) is 35.2 Å². The van der Waals surface area contributed by atoms with Crippen molar-refractivity contribution in [3.63, 3.8) is 0 Å². The van der Waals surface area contributed by atoms with E-state index in [9.17, 15) is 19.1 Å². The number of aliphatic hydroxyl groups excluding tert-OH is 1. The lowest BCUT2D eigenvalue weighted by Crippen LogP contribution is -2.39. The summed E-state index contributed by atoms with van der Waals surface area (Å²) in [6.45, 7) is 4.61. The molecule has 3 fully saturated rings. The number of hydrogen-bond donors (Lipinski definition) is 2. The van der Waals surface area contributed by atoms with E-state index in [1.165, 1.54) is 6.07 Å². The Morgan fingerprint density at radius 3 is 2.61 bits per heavy atom. The summed E-state index contributed by atoms with van der Waals surface area (Å²) >= 11 is 5.87. The van der Waals surface area contributed by atoms with Crippen molar-refractivity contribution in [3.05, 3.63) is 88.1 Å². The van der Waals surface area contributed by atoms with Gasteiger partial charge in [-0.05, 0) is 75.2 Å². The molecule has 49 heavy (non-hydrogen) atoms. The molecule has 0 spiro atoms. The van der Waals surface area contributed by atoms with Crippen molar-refractivity contribution >= 4 is 34.4 Å². The van der Waals surface area contributed by atoms with Gasteiger partial charge in [0.25, 0.3) is 5.91 Å². The Hall–Kier alpha value is -4.10. The van der Waals surface area contributed by atoms with E-state index in [0.717, 1.165) is 61.5 Å². The van der Waals surface area contributed by atoms with Gasteiger partial charge in [-0.2, -0.15) is 0 Å². The van der Waals surface area contributed by atoms with Crippen molar-refractivity contribution in [2.24, 2.45) is 0 Å². The second-order valence-electron chi connectivity index (χ2n) is 13.1. The summed E-state index contributed by atoms with van der Waals surface area (Å²) in [6.07, 6.45) is 3.04. The van der Waals surface area contributed by atoms with Crippen LogP contribution in [0.5, 0.6) is 5.88 Å². The number of nitrogens with one attached hydrogen (secondary N) is 1. The number of hydrogen-bond acceptors (Lipinski definition) is 8. The number of pyridine rings is 1. The lowest BCUT2D eigenvalue weighted by Gasteiger charge is -2.32. The van der Waals surface area contributed by atoms with Crippen LogP contribution in [0.15, 0.2) is 54.6 Å². The minimum absolute atomic E-state index is 0.0706. The standard InChI is InChI=1S/C36H40ClFN6O5/c37-26-6-4-25(29(38)17-26)22-49-34-3-1-2-30(41-34)23-8-12-42(13-9-23)21-33-40-31-16-24(5-7-32(31)44(33)20-28-11-15-48-28)36(47)39-18-35(46)43-14-10-27(45)19-43/h1-7,16-17,23,27-28,45H,8-15,18-22H2,(H,39,47)/t27-,28-/m0/s1. The van der Waals surface area contributed by atoms with Crippen LogP contribution in [0.4, 0.5) is 4.39 Å². The number of carbonyl (C=O) groups excluding carboxylic acids is 2. The minimum Gasteiger partial charge on any atom is -0.473 e. The monoisotopic (exact) mass is 690 g/mol. The average molecular weight is 691 g/mol. The highest BCUT2D eigenvalue weighted by Crippen LogP contribution is 2.30. The van der Waals surface area contributed by atoms with Crippen molar-refractivity contribution in [1.29, 1.82) is 0 Å². The summed E-state index contributed by atoms with van der Waals surface area (Å²) in [4.78, 5) is 39.2. The van der Waals surface area contributed by atoms with E-state index < -0.39 is 11.9 Å². The molecule has 4 aromatic rings. The number of ether oxygens (including phenoxy) is 2. The quantitative estimate of drug-likeness (QED) is 0.239. The second kappa shape index (κ2) is 14.8. The molecule has 3 aliphatic heterocycles. The number of piperidine rings is 1. The topological polar surface area (TPSA) is 122 Å². The Morgan fingerprint density at radius 1 is 1.04 bits per heavy atom. The fourth-order valence-corrected chi connectivity index (χ4v) is 6.89. The van der Waals surface area contributed by atoms with Crippen LogP contribution in [-0.4, -0.2) is 92.8 Å². The number of aliphatic hydroxyl groups is 1. The number of amides is 2. The van der Waals surface area contributed by atoms with E-state index in [-0.39, 0.29) is 37.0 Å². The van der Waals surface area contributed by atoms with E-state index in [2.05, 4.69) is 14.8 Å². The number of β-amino-alcohol motifs (C(OH)–C–C–N with tert-alkyl or cyclic N) is 1. The fourth-order valence-electron chi connectivity index (χ4n) is 6.73. The second-order valence-corrected chi connectivity index (χ2v) is 13.5. The molecule has 2 aromatic carbocycles. The molecule has 0 bridgehead atoms. The van der Waals surface area contributed by atoms with Crippen molar-refractivity contribution in [3.8, 4) is 5.88 Å². The highest BCUT2D eigenvalue weighted by Gasteiger charge is 2.27. The highest BCUT2D eigenvalue weighted by molar-refractivity contribution is 6.30. The van der Waals surface area contributed by atoms with Gasteiger partial charge in [-0.3, -0.25) is 14.5 Å². The Labute approximate surface area is 289 Å². The molecule has 0 radical (unpaired) electrons. The van der Waals surface area contributed by atoms with Gasteiger partial charge in [0.2, 0.25) is 11.8 Å². The first-order chi connectivity index (χ1) is 23.8. The number of nitrogens with zero attached hydrogens (tertiary/aromatic N) is 5. The Balaban J connectivity index is 0.982. The van der Waals surface area contributed by atoms with Crippen molar-refractivity contribution < 1.29 is 28.6 Å². The van der Waals surface area contributed by atoms with Gasteiger partial charge in [0, 0.05) is 53.5 Å². The third kappa shape index (κ3) is 7.88. The van der Waals surface area contributed by atoms with Crippen LogP contribution < -0.4 is 10.1 Å². The molecule has 11 nitrogen and oxygen atoms in total. The number of aromatic nitrogens is 3. The Morgan fingerprint density at radius 2 is 1.88 bits per heavy atom. The summed E-state index contributed by atoms with van der Waals surface area (Å²) in [7, 11) is 0. The third-order valence-electron chi connectivity index (χ3n) is 9.69. The number of likely N-dealkylation sites (tertiary alicyclic amines) is 2. The largest absolute Gasteiger partial charge is 0.473 e. The summed E-state index contributed by atoms with van der Waals surface area (Å²) in [5.41, 5.74) is 3.50. The molecule has 3 aliphatic rings. The van der Waals surface area contributed by atoms with Crippen LogP contribution in [-0.2, 0) is 29.2 Å². The number of rotatable bonds is 11. The zero-order valence-electron chi connectivity index (χ0n) is 27.2.